The predicted octanol–water partition coefficient (Wildman–Crippen LogP) is 2.08. The third kappa shape index (κ3) is 3.16. The molecule has 146 valence electrons. The first-order chi connectivity index (χ1) is 13.4. The lowest BCUT2D eigenvalue weighted by atomic mass is 9.82. The monoisotopic (exact) mass is 383 g/mol. The van der Waals surface area contributed by atoms with Crippen LogP contribution in [0.3, 0.4) is 0 Å². The van der Waals surface area contributed by atoms with E-state index in [1.165, 1.54) is 0 Å². The maximum atomic E-state index is 12.6. The third-order valence-electron chi connectivity index (χ3n) is 4.68. The summed E-state index contributed by atoms with van der Waals surface area (Å²) in [7, 11) is 0. The van der Waals surface area contributed by atoms with Gasteiger partial charge >= 0.3 is 5.97 Å². The van der Waals surface area contributed by atoms with Gasteiger partial charge in [0.2, 0.25) is 5.88 Å². The number of hydrogen-bond donors (Lipinski definition) is 1. The standard InChI is InChI=1S/C20H21N3O5/c1-4-23-14-8-12(6-7-15(14)27-10-16(23)24)18-13(9-21)19(22)28-11(3)17(18)20(25)26-5-2/h6-8,18H,4-5,10,22H2,1-3H3. The second kappa shape index (κ2) is 7.64. The van der Waals surface area contributed by atoms with Crippen LogP contribution in [0.2, 0.25) is 0 Å². The molecule has 28 heavy (non-hydrogen) atoms. The summed E-state index contributed by atoms with van der Waals surface area (Å²) in [6.07, 6.45) is 0. The second-order valence-electron chi connectivity index (χ2n) is 6.27. The van der Waals surface area contributed by atoms with Gasteiger partial charge in [-0.05, 0) is 38.5 Å². The summed E-state index contributed by atoms with van der Waals surface area (Å²) in [5, 5.41) is 9.66. The van der Waals surface area contributed by atoms with Gasteiger partial charge in [0.15, 0.2) is 6.61 Å². The fraction of sp³-hybridized carbons (Fsp3) is 0.350. The van der Waals surface area contributed by atoms with Crippen molar-refractivity contribution in [2.75, 3.05) is 24.7 Å². The Morgan fingerprint density at radius 1 is 1.43 bits per heavy atom. The van der Waals surface area contributed by atoms with Crippen LogP contribution in [0.25, 0.3) is 0 Å². The molecule has 0 aliphatic carbocycles. The molecule has 8 nitrogen and oxygen atoms in total. The van der Waals surface area contributed by atoms with Crippen molar-refractivity contribution in [2.24, 2.45) is 5.73 Å². The van der Waals surface area contributed by atoms with Gasteiger partial charge in [-0.15, -0.1) is 0 Å². The fourth-order valence-corrected chi connectivity index (χ4v) is 3.43. The highest BCUT2D eigenvalue weighted by Gasteiger charge is 2.37. The van der Waals surface area contributed by atoms with Crippen LogP contribution in [0.5, 0.6) is 5.75 Å². The molecule has 1 unspecified atom stereocenters. The number of hydrogen-bond acceptors (Lipinski definition) is 7. The molecule has 1 aromatic carbocycles. The van der Waals surface area contributed by atoms with Crippen LogP contribution in [0.15, 0.2) is 41.0 Å². The SMILES string of the molecule is CCOC(=O)C1=C(C)OC(N)=C(C#N)C1c1ccc2c(c1)N(CC)C(=O)CO2. The molecule has 0 fully saturated rings. The zero-order valence-electron chi connectivity index (χ0n) is 15.9. The number of ether oxygens (including phenoxy) is 3. The number of amides is 1. The first-order valence-electron chi connectivity index (χ1n) is 8.95. The topological polar surface area (TPSA) is 115 Å². The highest BCUT2D eigenvalue weighted by Crippen LogP contribution is 2.43. The first-order valence-corrected chi connectivity index (χ1v) is 8.95. The van der Waals surface area contributed by atoms with E-state index in [4.69, 9.17) is 19.9 Å². The molecule has 0 saturated heterocycles. The van der Waals surface area contributed by atoms with E-state index in [0.717, 1.165) is 0 Å². The summed E-state index contributed by atoms with van der Waals surface area (Å²) < 4.78 is 16.1. The number of nitriles is 1. The van der Waals surface area contributed by atoms with Gasteiger partial charge in [0.05, 0.1) is 23.8 Å². The van der Waals surface area contributed by atoms with Crippen molar-refractivity contribution in [3.63, 3.8) is 0 Å². The quantitative estimate of drug-likeness (QED) is 0.792. The molecule has 2 heterocycles. The minimum Gasteiger partial charge on any atom is -0.482 e. The van der Waals surface area contributed by atoms with Gasteiger partial charge in [-0.2, -0.15) is 5.26 Å². The Morgan fingerprint density at radius 2 is 2.18 bits per heavy atom. The zero-order valence-corrected chi connectivity index (χ0v) is 15.9. The molecule has 0 spiro atoms. The number of carbonyl (C=O) groups is 2. The summed E-state index contributed by atoms with van der Waals surface area (Å²) in [5.41, 5.74) is 7.43. The molecule has 0 bridgehead atoms. The molecule has 2 aliphatic heterocycles. The van der Waals surface area contributed by atoms with Gasteiger partial charge in [0.1, 0.15) is 23.2 Å². The molecule has 0 aromatic heterocycles. The zero-order chi connectivity index (χ0) is 20.4. The summed E-state index contributed by atoms with van der Waals surface area (Å²) >= 11 is 0. The number of nitrogens with two attached hydrogens (primary N) is 1. The molecule has 1 atom stereocenters. The van der Waals surface area contributed by atoms with Crippen LogP contribution in [0, 0.1) is 11.3 Å². The minimum atomic E-state index is -0.765. The van der Waals surface area contributed by atoms with Gasteiger partial charge < -0.3 is 24.8 Å². The number of benzene rings is 1. The van der Waals surface area contributed by atoms with Crippen LogP contribution in [-0.2, 0) is 19.1 Å². The van der Waals surface area contributed by atoms with Crippen LogP contribution in [-0.4, -0.2) is 31.6 Å². The number of anilines is 1. The summed E-state index contributed by atoms with van der Waals surface area (Å²) in [6, 6.07) is 7.25. The summed E-state index contributed by atoms with van der Waals surface area (Å²) in [4.78, 5) is 26.4. The molecule has 2 aliphatic rings. The molecule has 8 heteroatoms. The first kappa shape index (κ1) is 19.3. The molecule has 2 N–H and O–H groups in total. The molecule has 1 amide bonds. The van der Waals surface area contributed by atoms with Crippen molar-refractivity contribution in [1.82, 2.24) is 0 Å². The van der Waals surface area contributed by atoms with Gasteiger partial charge in [-0.1, -0.05) is 6.07 Å². The highest BCUT2D eigenvalue weighted by molar-refractivity contribution is 5.98. The lowest BCUT2D eigenvalue weighted by Crippen LogP contribution is -2.38. The van der Waals surface area contributed by atoms with Crippen LogP contribution < -0.4 is 15.4 Å². The number of fused-ring (bicyclic) bond motifs is 1. The molecular weight excluding hydrogens is 362 g/mol. The van der Waals surface area contributed by atoms with Crippen molar-refractivity contribution < 1.29 is 23.8 Å². The Labute approximate surface area is 162 Å². The number of esters is 1. The van der Waals surface area contributed by atoms with E-state index < -0.39 is 11.9 Å². The average Bonchev–Trinajstić information content (AvgIpc) is 2.67. The van der Waals surface area contributed by atoms with Crippen molar-refractivity contribution in [1.29, 1.82) is 5.26 Å². The number of nitrogens with zero attached hydrogens (tertiary/aromatic N) is 2. The lowest BCUT2D eigenvalue weighted by molar-refractivity contribution is -0.139. The van der Waals surface area contributed by atoms with E-state index in [-0.39, 0.29) is 41.9 Å². The molecule has 3 rings (SSSR count). The molecule has 1 aromatic rings. The van der Waals surface area contributed by atoms with Crippen LogP contribution >= 0.6 is 0 Å². The van der Waals surface area contributed by atoms with E-state index >= 15 is 0 Å². The number of rotatable bonds is 4. The predicted molar refractivity (Wildman–Crippen MR) is 99.9 cm³/mol. The smallest absolute Gasteiger partial charge is 0.338 e. The molecular formula is C20H21N3O5. The molecule has 0 saturated carbocycles. The van der Waals surface area contributed by atoms with Crippen LogP contribution in [0.4, 0.5) is 5.69 Å². The van der Waals surface area contributed by atoms with Gasteiger partial charge in [-0.3, -0.25) is 4.79 Å². The Balaban J connectivity index is 2.17. The van der Waals surface area contributed by atoms with Crippen molar-refractivity contribution in [3.8, 4) is 11.8 Å². The lowest BCUT2D eigenvalue weighted by Gasteiger charge is -2.31. The van der Waals surface area contributed by atoms with Crippen molar-refractivity contribution >= 4 is 17.6 Å². The Kier molecular flexibility index (Phi) is 5.27. The Hall–Kier alpha value is -3.47. The van der Waals surface area contributed by atoms with Crippen LogP contribution in [0.1, 0.15) is 32.3 Å². The maximum Gasteiger partial charge on any atom is 0.338 e. The van der Waals surface area contributed by atoms with E-state index in [1.807, 2.05) is 13.0 Å². The number of carbonyl (C=O) groups excluding carboxylic acids is 2. The Bertz CT molecular complexity index is 942. The summed E-state index contributed by atoms with van der Waals surface area (Å²) in [5.74, 6) is -0.729. The van der Waals surface area contributed by atoms with Gasteiger partial charge in [-0.25, -0.2) is 4.79 Å². The third-order valence-corrected chi connectivity index (χ3v) is 4.68. The maximum absolute atomic E-state index is 12.6. The highest BCUT2D eigenvalue weighted by atomic mass is 16.5. The number of likely N-dealkylation sites (N-methyl/N-ethyl adjacent to an activating group) is 1. The normalized spacial score (nSPS) is 18.9. The van der Waals surface area contributed by atoms with Crippen molar-refractivity contribution in [2.45, 2.75) is 26.7 Å². The van der Waals surface area contributed by atoms with Crippen molar-refractivity contribution in [3.05, 3.63) is 46.6 Å². The second-order valence-corrected chi connectivity index (χ2v) is 6.27. The van der Waals surface area contributed by atoms with E-state index in [2.05, 4.69) is 0 Å². The van der Waals surface area contributed by atoms with E-state index in [0.29, 0.717) is 23.5 Å². The van der Waals surface area contributed by atoms with E-state index in [9.17, 15) is 14.9 Å². The van der Waals surface area contributed by atoms with Gasteiger partial charge in [0, 0.05) is 6.54 Å². The minimum absolute atomic E-state index is 0.0269. The number of allylic oxidation sites excluding steroid dienone is 2. The summed E-state index contributed by atoms with van der Waals surface area (Å²) in [6.45, 7) is 5.78. The van der Waals surface area contributed by atoms with Gasteiger partial charge in [0.25, 0.3) is 5.91 Å². The largest absolute Gasteiger partial charge is 0.482 e. The molecule has 0 radical (unpaired) electrons. The van der Waals surface area contributed by atoms with E-state index in [1.54, 1.807) is 36.9 Å². The fourth-order valence-electron chi connectivity index (χ4n) is 3.43. The Morgan fingerprint density at radius 3 is 2.82 bits per heavy atom. The average molecular weight is 383 g/mol.